The molecule has 1 unspecified atom stereocenters. The van der Waals surface area contributed by atoms with Gasteiger partial charge in [0, 0.05) is 38.3 Å². The summed E-state index contributed by atoms with van der Waals surface area (Å²) in [6.45, 7) is 3.03. The van der Waals surface area contributed by atoms with E-state index in [4.69, 9.17) is 0 Å². The van der Waals surface area contributed by atoms with Crippen molar-refractivity contribution in [3.63, 3.8) is 0 Å². The van der Waals surface area contributed by atoms with E-state index >= 15 is 0 Å². The molecule has 0 aromatic carbocycles. The van der Waals surface area contributed by atoms with Crippen molar-refractivity contribution in [1.29, 1.82) is 0 Å². The van der Waals surface area contributed by atoms with Gasteiger partial charge >= 0.3 is 6.03 Å². The molecule has 2 aliphatic heterocycles. The van der Waals surface area contributed by atoms with Crippen LogP contribution in [0, 0.1) is 5.92 Å². The molecule has 0 aromatic heterocycles. The van der Waals surface area contributed by atoms with Gasteiger partial charge in [0.05, 0.1) is 0 Å². The highest BCUT2D eigenvalue weighted by Gasteiger charge is 2.30. The Bertz CT molecular complexity index is 481. The minimum Gasteiger partial charge on any atom is -0.343 e. The number of likely N-dealkylation sites (tertiary alicyclic amines) is 2. The number of carbonyl (C=O) groups excluding carboxylic acids is 2. The molecule has 3 amide bonds. The highest BCUT2D eigenvalue weighted by Crippen LogP contribution is 2.34. The molecule has 2 saturated heterocycles. The Balaban J connectivity index is 1.45. The van der Waals surface area contributed by atoms with Crippen molar-refractivity contribution >= 4 is 11.9 Å². The Hall–Kier alpha value is -1.52. The first-order valence-electron chi connectivity index (χ1n) is 9.79. The normalized spacial score (nSPS) is 24.7. The highest BCUT2D eigenvalue weighted by atomic mass is 16.2. The summed E-state index contributed by atoms with van der Waals surface area (Å²) in [4.78, 5) is 28.7. The fourth-order valence-corrected chi connectivity index (χ4v) is 4.25. The van der Waals surface area contributed by atoms with Gasteiger partial charge in [-0.1, -0.05) is 18.9 Å². The maximum absolute atomic E-state index is 12.5. The topological polar surface area (TPSA) is 52.7 Å². The number of nitrogens with one attached hydrogen (secondary N) is 1. The molecule has 0 spiro atoms. The van der Waals surface area contributed by atoms with E-state index in [2.05, 4.69) is 11.4 Å². The van der Waals surface area contributed by atoms with Crippen molar-refractivity contribution < 1.29 is 9.59 Å². The lowest BCUT2D eigenvalue weighted by Crippen LogP contribution is -2.45. The zero-order valence-electron chi connectivity index (χ0n) is 14.8. The number of piperidine rings is 1. The summed E-state index contributed by atoms with van der Waals surface area (Å²) in [5.74, 6) is 0.752. The van der Waals surface area contributed by atoms with Crippen molar-refractivity contribution in [3.8, 4) is 0 Å². The second kappa shape index (κ2) is 8.54. The van der Waals surface area contributed by atoms with Crippen molar-refractivity contribution in [1.82, 2.24) is 15.1 Å². The molecule has 1 aliphatic carbocycles. The summed E-state index contributed by atoms with van der Waals surface area (Å²) in [5, 5.41) is 2.97. The molecule has 1 N–H and O–H groups in total. The van der Waals surface area contributed by atoms with Gasteiger partial charge in [0.2, 0.25) is 5.91 Å². The van der Waals surface area contributed by atoms with Gasteiger partial charge in [0.1, 0.15) is 0 Å². The molecule has 0 aromatic rings. The summed E-state index contributed by atoms with van der Waals surface area (Å²) in [6, 6.07) is -0.0171. The Morgan fingerprint density at radius 1 is 1.00 bits per heavy atom. The second-order valence-corrected chi connectivity index (χ2v) is 7.33. The monoisotopic (exact) mass is 333 g/mol. The summed E-state index contributed by atoms with van der Waals surface area (Å²) in [5.41, 5.74) is 1.23. The van der Waals surface area contributed by atoms with Gasteiger partial charge in [-0.2, -0.15) is 0 Å². The van der Waals surface area contributed by atoms with E-state index in [1.165, 1.54) is 37.8 Å². The van der Waals surface area contributed by atoms with E-state index in [9.17, 15) is 9.59 Å². The van der Waals surface area contributed by atoms with Crippen molar-refractivity contribution in [2.45, 2.75) is 64.2 Å². The van der Waals surface area contributed by atoms with E-state index in [1.807, 2.05) is 9.80 Å². The second-order valence-electron chi connectivity index (χ2n) is 7.33. The van der Waals surface area contributed by atoms with E-state index in [0.29, 0.717) is 18.9 Å². The number of allylic oxidation sites excluding steroid dienone is 2. The zero-order chi connectivity index (χ0) is 16.8. The van der Waals surface area contributed by atoms with Gasteiger partial charge in [0.15, 0.2) is 0 Å². The molecule has 0 radical (unpaired) electrons. The van der Waals surface area contributed by atoms with Crippen molar-refractivity contribution in [2.75, 3.05) is 26.2 Å². The van der Waals surface area contributed by atoms with Crippen molar-refractivity contribution in [3.05, 3.63) is 11.8 Å². The molecule has 24 heavy (non-hydrogen) atoms. The first kappa shape index (κ1) is 17.3. The summed E-state index contributed by atoms with van der Waals surface area (Å²) in [7, 11) is 0. The number of hydrogen-bond acceptors (Lipinski definition) is 2. The molecule has 3 aliphatic rings. The number of carbonyl (C=O) groups is 2. The lowest BCUT2D eigenvalue weighted by atomic mass is 9.85. The number of rotatable bonds is 3. The van der Waals surface area contributed by atoms with Crippen LogP contribution in [0.5, 0.6) is 0 Å². The van der Waals surface area contributed by atoms with Crippen molar-refractivity contribution in [2.24, 2.45) is 5.92 Å². The highest BCUT2D eigenvalue weighted by molar-refractivity contribution is 5.79. The van der Waals surface area contributed by atoms with Crippen LogP contribution in [0.4, 0.5) is 4.79 Å². The SMILES string of the molecule is O=C(CCNC(=O)N1CCCC2CCCC=C21)N1CCCCCC1. The number of urea groups is 1. The van der Waals surface area contributed by atoms with Crippen LogP contribution in [0.2, 0.25) is 0 Å². The van der Waals surface area contributed by atoms with Crippen LogP contribution in [0.25, 0.3) is 0 Å². The Kier molecular flexibility index (Phi) is 6.16. The van der Waals surface area contributed by atoms with Crippen LogP contribution in [0.1, 0.15) is 64.2 Å². The molecule has 3 rings (SSSR count). The summed E-state index contributed by atoms with van der Waals surface area (Å²) in [6.07, 6.45) is 13.2. The molecule has 134 valence electrons. The van der Waals surface area contributed by atoms with Crippen LogP contribution >= 0.6 is 0 Å². The molecule has 0 saturated carbocycles. The molecule has 0 bridgehead atoms. The largest absolute Gasteiger partial charge is 0.343 e. The average molecular weight is 333 g/mol. The van der Waals surface area contributed by atoms with Crippen LogP contribution in [0.15, 0.2) is 11.8 Å². The third-order valence-corrected chi connectivity index (χ3v) is 5.59. The van der Waals surface area contributed by atoms with Gasteiger partial charge in [-0.05, 0) is 50.9 Å². The first-order chi connectivity index (χ1) is 11.8. The Morgan fingerprint density at radius 2 is 1.75 bits per heavy atom. The number of fused-ring (bicyclic) bond motifs is 1. The minimum atomic E-state index is -0.0171. The van der Waals surface area contributed by atoms with E-state index in [1.54, 1.807) is 0 Å². The van der Waals surface area contributed by atoms with Crippen LogP contribution < -0.4 is 5.32 Å². The van der Waals surface area contributed by atoms with Gasteiger partial charge in [-0.15, -0.1) is 0 Å². The third-order valence-electron chi connectivity index (χ3n) is 5.59. The molecule has 5 heteroatoms. The molecule has 2 fully saturated rings. The minimum absolute atomic E-state index is 0.0171. The predicted octanol–water partition coefficient (Wildman–Crippen LogP) is 3.27. The molecular weight excluding hydrogens is 302 g/mol. The Morgan fingerprint density at radius 3 is 2.54 bits per heavy atom. The standard InChI is InChI=1S/C19H31N3O2/c23-18(21-13-5-1-2-6-14-21)11-12-20-19(24)22-15-7-9-16-8-3-4-10-17(16)22/h10,16H,1-9,11-15H2,(H,20,24). The molecule has 2 heterocycles. The molecule has 1 atom stereocenters. The maximum atomic E-state index is 12.5. The maximum Gasteiger partial charge on any atom is 0.321 e. The number of amides is 3. The molecule has 5 nitrogen and oxygen atoms in total. The van der Waals surface area contributed by atoms with E-state index in [-0.39, 0.29) is 11.9 Å². The van der Waals surface area contributed by atoms with E-state index in [0.717, 1.165) is 45.3 Å². The quantitative estimate of drug-likeness (QED) is 0.862. The van der Waals surface area contributed by atoms with Crippen LogP contribution in [-0.2, 0) is 4.79 Å². The van der Waals surface area contributed by atoms with E-state index < -0.39 is 0 Å². The summed E-state index contributed by atoms with van der Waals surface area (Å²) >= 11 is 0. The first-order valence-corrected chi connectivity index (χ1v) is 9.79. The smallest absolute Gasteiger partial charge is 0.321 e. The fourth-order valence-electron chi connectivity index (χ4n) is 4.25. The molecular formula is C19H31N3O2. The zero-order valence-corrected chi connectivity index (χ0v) is 14.8. The van der Waals surface area contributed by atoms with Gasteiger partial charge in [0.25, 0.3) is 0 Å². The van der Waals surface area contributed by atoms with Gasteiger partial charge in [-0.25, -0.2) is 4.79 Å². The third kappa shape index (κ3) is 4.31. The number of hydrogen-bond donors (Lipinski definition) is 1. The summed E-state index contributed by atoms with van der Waals surface area (Å²) < 4.78 is 0. The number of nitrogens with zero attached hydrogens (tertiary/aromatic N) is 2. The van der Waals surface area contributed by atoms with Crippen LogP contribution in [0.3, 0.4) is 0 Å². The fraction of sp³-hybridized carbons (Fsp3) is 0.789. The lowest BCUT2D eigenvalue weighted by Gasteiger charge is -2.37. The van der Waals surface area contributed by atoms with Gasteiger partial charge < -0.3 is 10.2 Å². The predicted molar refractivity (Wildman–Crippen MR) is 94.4 cm³/mol. The van der Waals surface area contributed by atoms with Crippen LogP contribution in [-0.4, -0.2) is 47.9 Å². The van der Waals surface area contributed by atoms with Gasteiger partial charge in [-0.3, -0.25) is 9.69 Å². The Labute approximate surface area is 145 Å². The lowest BCUT2D eigenvalue weighted by molar-refractivity contribution is -0.131. The average Bonchev–Trinajstić information content (AvgIpc) is 2.90.